The third kappa shape index (κ3) is 7.40. The smallest absolute Gasteiger partial charge is 0.255 e. The molecule has 8 heteroatoms. The lowest BCUT2D eigenvalue weighted by molar-refractivity contribution is 0.0951. The van der Waals surface area contributed by atoms with Crippen molar-refractivity contribution in [2.45, 2.75) is 13.3 Å². The van der Waals surface area contributed by atoms with Crippen LogP contribution in [0.2, 0.25) is 0 Å². The van der Waals surface area contributed by atoms with Crippen molar-refractivity contribution in [2.75, 3.05) is 77.7 Å². The summed E-state index contributed by atoms with van der Waals surface area (Å²) >= 11 is 0. The number of ether oxygens (including phenoxy) is 1. The lowest BCUT2D eigenvalue weighted by Crippen LogP contribution is -2.44. The van der Waals surface area contributed by atoms with Crippen molar-refractivity contribution in [3.8, 4) is 16.9 Å². The van der Waals surface area contributed by atoms with Gasteiger partial charge in [0.15, 0.2) is 0 Å². The average molecular weight is 544 g/mol. The fraction of sp³-hybridized carbons (Fsp3) is 0.375. The number of amides is 2. The zero-order chi connectivity index (χ0) is 28.6. The second-order valence-corrected chi connectivity index (χ2v) is 10.7. The monoisotopic (exact) mass is 543 g/mol. The molecule has 40 heavy (non-hydrogen) atoms. The Morgan fingerprint density at radius 3 is 2.25 bits per heavy atom. The number of anilines is 2. The van der Waals surface area contributed by atoms with Crippen LogP contribution in [0.1, 0.15) is 32.7 Å². The van der Waals surface area contributed by atoms with Crippen LogP contribution in [0.25, 0.3) is 11.1 Å². The van der Waals surface area contributed by atoms with Crippen LogP contribution in [0.4, 0.5) is 11.4 Å². The van der Waals surface area contributed by atoms with E-state index in [9.17, 15) is 9.59 Å². The van der Waals surface area contributed by atoms with Gasteiger partial charge in [-0.05, 0) is 100 Å². The summed E-state index contributed by atoms with van der Waals surface area (Å²) in [5.41, 5.74) is 5.98. The van der Waals surface area contributed by atoms with Gasteiger partial charge in [-0.2, -0.15) is 0 Å². The molecular formula is C32H41N5O3. The highest BCUT2D eigenvalue weighted by atomic mass is 16.5. The van der Waals surface area contributed by atoms with Crippen LogP contribution in [-0.2, 0) is 0 Å². The van der Waals surface area contributed by atoms with Crippen LogP contribution >= 0.6 is 0 Å². The predicted molar refractivity (Wildman–Crippen MR) is 163 cm³/mol. The van der Waals surface area contributed by atoms with E-state index in [1.165, 1.54) is 0 Å². The molecule has 3 aromatic rings. The number of benzene rings is 3. The summed E-state index contributed by atoms with van der Waals surface area (Å²) in [7, 11) is 7.84. The van der Waals surface area contributed by atoms with Gasteiger partial charge in [-0.3, -0.25) is 9.59 Å². The number of aryl methyl sites for hydroxylation is 1. The van der Waals surface area contributed by atoms with E-state index < -0.39 is 0 Å². The number of methoxy groups -OCH3 is 1. The zero-order valence-electron chi connectivity index (χ0n) is 24.3. The summed E-state index contributed by atoms with van der Waals surface area (Å²) in [6.45, 7) is 7.37. The molecule has 0 radical (unpaired) electrons. The Bertz CT molecular complexity index is 1310. The Labute approximate surface area is 237 Å². The summed E-state index contributed by atoms with van der Waals surface area (Å²) < 4.78 is 5.59. The third-order valence-electron chi connectivity index (χ3n) is 7.30. The number of nitrogens with zero attached hydrogens (tertiary/aromatic N) is 3. The van der Waals surface area contributed by atoms with Crippen molar-refractivity contribution in [1.29, 1.82) is 0 Å². The number of hydrogen-bond acceptors (Lipinski definition) is 6. The molecule has 1 aliphatic heterocycles. The molecule has 1 heterocycles. The van der Waals surface area contributed by atoms with Gasteiger partial charge in [0, 0.05) is 49.5 Å². The third-order valence-corrected chi connectivity index (χ3v) is 7.30. The van der Waals surface area contributed by atoms with E-state index in [-0.39, 0.29) is 11.8 Å². The van der Waals surface area contributed by atoms with E-state index in [2.05, 4.69) is 32.4 Å². The van der Waals surface area contributed by atoms with Gasteiger partial charge in [0.05, 0.1) is 12.8 Å². The van der Waals surface area contributed by atoms with Crippen molar-refractivity contribution in [2.24, 2.45) is 0 Å². The minimum Gasteiger partial charge on any atom is -0.495 e. The minimum atomic E-state index is -0.168. The molecule has 3 aromatic carbocycles. The Kier molecular flexibility index (Phi) is 9.79. The van der Waals surface area contributed by atoms with Gasteiger partial charge in [0.25, 0.3) is 11.8 Å². The molecule has 1 saturated heterocycles. The Hall–Kier alpha value is -3.88. The molecule has 0 atom stereocenters. The summed E-state index contributed by atoms with van der Waals surface area (Å²) in [5.74, 6) is 0.573. The zero-order valence-corrected chi connectivity index (χ0v) is 24.3. The van der Waals surface area contributed by atoms with Crippen LogP contribution in [0.3, 0.4) is 0 Å². The van der Waals surface area contributed by atoms with Gasteiger partial charge in [0.2, 0.25) is 0 Å². The fourth-order valence-electron chi connectivity index (χ4n) is 4.89. The summed E-state index contributed by atoms with van der Waals surface area (Å²) in [6.07, 6.45) is 0.908. The normalized spacial score (nSPS) is 13.8. The molecule has 4 rings (SSSR count). The van der Waals surface area contributed by atoms with E-state index >= 15 is 0 Å². The standard InChI is InChI=1S/C32H41N5O3/c1-23-21-26(31(38)33-15-6-16-35(2)3)11-13-28(23)24-7-9-25(10-8-24)32(39)34-27-12-14-30(40-5)29(22-27)37-19-17-36(4)18-20-37/h7-14,21-22H,6,15-20H2,1-5H3,(H,33,38)(H,34,39). The van der Waals surface area contributed by atoms with Crippen LogP contribution < -0.4 is 20.3 Å². The number of carbonyl (C=O) groups is 2. The maximum Gasteiger partial charge on any atom is 0.255 e. The number of rotatable bonds is 10. The minimum absolute atomic E-state index is 0.0604. The van der Waals surface area contributed by atoms with E-state index in [4.69, 9.17) is 4.74 Å². The summed E-state index contributed by atoms with van der Waals surface area (Å²) in [5, 5.41) is 6.03. The second kappa shape index (κ2) is 13.5. The number of likely N-dealkylation sites (N-methyl/N-ethyl adjacent to an activating group) is 1. The van der Waals surface area contributed by atoms with E-state index in [1.54, 1.807) is 7.11 Å². The largest absolute Gasteiger partial charge is 0.495 e. The van der Waals surface area contributed by atoms with Crippen molar-refractivity contribution >= 4 is 23.2 Å². The average Bonchev–Trinajstić information content (AvgIpc) is 2.95. The van der Waals surface area contributed by atoms with Crippen LogP contribution in [0.5, 0.6) is 5.75 Å². The molecule has 0 aromatic heterocycles. The SMILES string of the molecule is COc1ccc(NC(=O)c2ccc(-c3ccc(C(=O)NCCCN(C)C)cc3C)cc2)cc1N1CCN(C)CC1. The molecule has 1 aliphatic rings. The number of hydrogen-bond donors (Lipinski definition) is 2. The number of nitrogens with one attached hydrogen (secondary N) is 2. The molecule has 8 nitrogen and oxygen atoms in total. The molecule has 212 valence electrons. The number of carbonyl (C=O) groups excluding carboxylic acids is 2. The van der Waals surface area contributed by atoms with Gasteiger partial charge in [-0.1, -0.05) is 18.2 Å². The second-order valence-electron chi connectivity index (χ2n) is 10.7. The van der Waals surface area contributed by atoms with E-state index in [0.29, 0.717) is 17.7 Å². The first kappa shape index (κ1) is 29.1. The van der Waals surface area contributed by atoms with Crippen molar-refractivity contribution < 1.29 is 14.3 Å². The van der Waals surface area contributed by atoms with Crippen LogP contribution in [-0.4, -0.2) is 89.1 Å². The molecule has 0 spiro atoms. The van der Waals surface area contributed by atoms with E-state index in [1.807, 2.05) is 81.7 Å². The lowest BCUT2D eigenvalue weighted by atomic mass is 9.97. The lowest BCUT2D eigenvalue weighted by Gasteiger charge is -2.34. The number of piperazine rings is 1. The maximum absolute atomic E-state index is 13.1. The van der Waals surface area contributed by atoms with Crippen LogP contribution in [0.15, 0.2) is 60.7 Å². The summed E-state index contributed by atoms with van der Waals surface area (Å²) in [4.78, 5) is 32.3. The highest BCUT2D eigenvalue weighted by molar-refractivity contribution is 6.05. The molecule has 1 fully saturated rings. The predicted octanol–water partition coefficient (Wildman–Crippen LogP) is 4.36. The highest BCUT2D eigenvalue weighted by Gasteiger charge is 2.19. The molecule has 0 bridgehead atoms. The Balaban J connectivity index is 1.40. The van der Waals surface area contributed by atoms with Crippen molar-refractivity contribution in [3.05, 3.63) is 77.4 Å². The Morgan fingerprint density at radius 2 is 1.60 bits per heavy atom. The van der Waals surface area contributed by atoms with Gasteiger partial charge in [-0.25, -0.2) is 0 Å². The molecular weight excluding hydrogens is 502 g/mol. The molecule has 0 saturated carbocycles. The first-order valence-corrected chi connectivity index (χ1v) is 13.8. The first-order valence-electron chi connectivity index (χ1n) is 13.8. The van der Waals surface area contributed by atoms with Gasteiger partial charge < -0.3 is 30.1 Å². The topological polar surface area (TPSA) is 77.1 Å². The van der Waals surface area contributed by atoms with Gasteiger partial charge >= 0.3 is 0 Å². The van der Waals surface area contributed by atoms with Crippen molar-refractivity contribution in [1.82, 2.24) is 15.1 Å². The fourth-order valence-corrected chi connectivity index (χ4v) is 4.89. The quantitative estimate of drug-likeness (QED) is 0.370. The first-order chi connectivity index (χ1) is 19.2. The highest BCUT2D eigenvalue weighted by Crippen LogP contribution is 2.32. The maximum atomic E-state index is 13.1. The summed E-state index contributed by atoms with van der Waals surface area (Å²) in [6, 6.07) is 19.1. The van der Waals surface area contributed by atoms with E-state index in [0.717, 1.165) is 73.0 Å². The molecule has 0 aliphatic carbocycles. The van der Waals surface area contributed by atoms with Crippen LogP contribution in [0, 0.1) is 6.92 Å². The van der Waals surface area contributed by atoms with Crippen molar-refractivity contribution in [3.63, 3.8) is 0 Å². The molecule has 2 N–H and O–H groups in total. The van der Waals surface area contributed by atoms with Gasteiger partial charge in [0.1, 0.15) is 5.75 Å². The molecule has 2 amide bonds. The Morgan fingerprint density at radius 1 is 0.900 bits per heavy atom. The molecule has 0 unspecified atom stereocenters. The van der Waals surface area contributed by atoms with Gasteiger partial charge in [-0.15, -0.1) is 0 Å².